The summed E-state index contributed by atoms with van der Waals surface area (Å²) in [6.07, 6.45) is 3.67. The van der Waals surface area contributed by atoms with Crippen molar-refractivity contribution in [2.45, 2.75) is 55.5 Å². The van der Waals surface area contributed by atoms with Crippen LogP contribution in [0.25, 0.3) is 0 Å². The maximum Gasteiger partial charge on any atom is 0.323 e. The lowest BCUT2D eigenvalue weighted by molar-refractivity contribution is -0.243. The van der Waals surface area contributed by atoms with E-state index in [0.717, 1.165) is 30.6 Å². The molecule has 1 saturated carbocycles. The Hall–Kier alpha value is -0.910. The van der Waals surface area contributed by atoms with Crippen LogP contribution in [0.1, 0.15) is 39.5 Å². The molecule has 1 aliphatic heterocycles. The number of thioether (sulfide) groups is 1. The smallest absolute Gasteiger partial charge is 0.323 e. The molecule has 0 spiro atoms. The first kappa shape index (κ1) is 18.9. The van der Waals surface area contributed by atoms with Crippen LogP contribution in [-0.2, 0) is 19.1 Å². The van der Waals surface area contributed by atoms with Gasteiger partial charge in [-0.05, 0) is 30.9 Å². The Morgan fingerprint density at radius 2 is 1.60 bits per heavy atom. The van der Waals surface area contributed by atoms with E-state index in [2.05, 4.69) is 0 Å². The van der Waals surface area contributed by atoms with Crippen LogP contribution in [0.15, 0.2) is 23.1 Å². The third-order valence-electron chi connectivity index (χ3n) is 4.57. The van der Waals surface area contributed by atoms with Gasteiger partial charge in [0, 0.05) is 24.0 Å². The summed E-state index contributed by atoms with van der Waals surface area (Å²) in [5.74, 6) is -3.23. The summed E-state index contributed by atoms with van der Waals surface area (Å²) in [4.78, 5) is 25.7. The quantitative estimate of drug-likeness (QED) is 0.519. The molecule has 1 aromatic rings. The molecule has 0 amide bonds. The van der Waals surface area contributed by atoms with Gasteiger partial charge < -0.3 is 9.47 Å². The molecule has 1 aliphatic carbocycles. The fourth-order valence-electron chi connectivity index (χ4n) is 3.48. The second kappa shape index (κ2) is 7.37. The van der Waals surface area contributed by atoms with Gasteiger partial charge in [-0.3, -0.25) is 9.59 Å². The Labute approximate surface area is 161 Å². The highest BCUT2D eigenvalue weighted by atomic mass is 35.5. The third-order valence-corrected chi connectivity index (χ3v) is 6.99. The van der Waals surface area contributed by atoms with Crippen LogP contribution >= 0.6 is 35.0 Å². The minimum Gasteiger partial charge on any atom is -0.422 e. The van der Waals surface area contributed by atoms with Gasteiger partial charge in [0.05, 0.1) is 10.0 Å². The van der Waals surface area contributed by atoms with Crippen molar-refractivity contribution in [3.8, 4) is 0 Å². The number of hydrogen-bond donors (Lipinski definition) is 0. The first-order chi connectivity index (χ1) is 11.8. The summed E-state index contributed by atoms with van der Waals surface area (Å²) in [6, 6.07) is 5.38. The molecule has 1 heterocycles. The second-order valence-electron chi connectivity index (χ2n) is 6.88. The van der Waals surface area contributed by atoms with Crippen molar-refractivity contribution in [2.24, 2.45) is 11.8 Å². The van der Waals surface area contributed by atoms with E-state index in [1.54, 1.807) is 43.8 Å². The van der Waals surface area contributed by atoms with E-state index in [1.807, 2.05) is 0 Å². The van der Waals surface area contributed by atoms with E-state index in [9.17, 15) is 9.59 Å². The van der Waals surface area contributed by atoms with Gasteiger partial charge in [0.2, 0.25) is 0 Å². The molecule has 4 nitrogen and oxygen atoms in total. The zero-order valence-electron chi connectivity index (χ0n) is 14.1. The van der Waals surface area contributed by atoms with Crippen LogP contribution in [0.4, 0.5) is 0 Å². The van der Waals surface area contributed by atoms with Gasteiger partial charge in [-0.2, -0.15) is 0 Å². The highest BCUT2D eigenvalue weighted by Crippen LogP contribution is 2.46. The summed E-state index contributed by atoms with van der Waals surface area (Å²) < 4.78 is 10.6. The molecule has 1 saturated heterocycles. The predicted octanol–water partition coefficient (Wildman–Crippen LogP) is 5.10. The van der Waals surface area contributed by atoms with Gasteiger partial charge in [-0.1, -0.05) is 42.1 Å². The maximum absolute atomic E-state index is 12.5. The first-order valence-corrected chi connectivity index (χ1v) is 9.98. The highest BCUT2D eigenvalue weighted by Gasteiger charge is 2.49. The highest BCUT2D eigenvalue weighted by molar-refractivity contribution is 8.00. The molecule has 0 unspecified atom stereocenters. The first-order valence-electron chi connectivity index (χ1n) is 8.35. The molecule has 136 valence electrons. The van der Waals surface area contributed by atoms with Gasteiger partial charge in [0.15, 0.2) is 5.92 Å². The largest absolute Gasteiger partial charge is 0.422 e. The molecule has 2 aliphatic rings. The summed E-state index contributed by atoms with van der Waals surface area (Å²) in [7, 11) is 0. The number of carbonyl (C=O) groups excluding carboxylic acids is 2. The van der Waals surface area contributed by atoms with Gasteiger partial charge in [-0.15, -0.1) is 11.8 Å². The van der Waals surface area contributed by atoms with Gasteiger partial charge in [0.1, 0.15) is 0 Å². The van der Waals surface area contributed by atoms with Gasteiger partial charge in [0.25, 0.3) is 5.79 Å². The molecule has 3 rings (SSSR count). The Bertz CT molecular complexity index is 651. The van der Waals surface area contributed by atoms with Crippen molar-refractivity contribution < 1.29 is 19.1 Å². The van der Waals surface area contributed by atoms with Gasteiger partial charge >= 0.3 is 11.9 Å². The average Bonchev–Trinajstić information content (AvgIpc) is 2.50. The van der Waals surface area contributed by atoms with Crippen LogP contribution in [-0.4, -0.2) is 23.0 Å². The van der Waals surface area contributed by atoms with Crippen molar-refractivity contribution in [2.75, 3.05) is 0 Å². The zero-order chi connectivity index (χ0) is 18.2. The van der Waals surface area contributed by atoms with E-state index in [4.69, 9.17) is 32.7 Å². The molecular weight excluding hydrogens is 383 g/mol. The standard InChI is InChI=1S/C18H20Cl2O4S/c1-18(2)23-16(21)14(17(22)24-18)10-6-3-4-9-13(10)25-15-11(19)7-5-8-12(15)20/h5,7-8,10,13-14H,3-4,6,9H2,1-2H3/t10-,13-/m0/s1. The molecule has 0 N–H and O–H groups in total. The lowest BCUT2D eigenvalue weighted by Crippen LogP contribution is -2.50. The van der Waals surface area contributed by atoms with Crippen molar-refractivity contribution in [1.29, 1.82) is 0 Å². The van der Waals surface area contributed by atoms with Crippen LogP contribution in [0.2, 0.25) is 10.0 Å². The van der Waals surface area contributed by atoms with E-state index >= 15 is 0 Å². The number of benzene rings is 1. The van der Waals surface area contributed by atoms with Crippen molar-refractivity contribution in [3.05, 3.63) is 28.2 Å². The molecular formula is C18H20Cl2O4S. The van der Waals surface area contributed by atoms with E-state index < -0.39 is 23.6 Å². The summed E-state index contributed by atoms with van der Waals surface area (Å²) in [6.45, 7) is 3.13. The third kappa shape index (κ3) is 4.09. The maximum atomic E-state index is 12.5. The zero-order valence-corrected chi connectivity index (χ0v) is 16.4. The average molecular weight is 403 g/mol. The Morgan fingerprint density at radius 3 is 2.20 bits per heavy atom. The van der Waals surface area contributed by atoms with E-state index in [0.29, 0.717) is 10.0 Å². The van der Waals surface area contributed by atoms with Crippen molar-refractivity contribution in [3.63, 3.8) is 0 Å². The number of halogens is 2. The molecule has 25 heavy (non-hydrogen) atoms. The molecule has 0 radical (unpaired) electrons. The van der Waals surface area contributed by atoms with Gasteiger partial charge in [-0.25, -0.2) is 0 Å². The number of ether oxygens (including phenoxy) is 2. The SMILES string of the molecule is CC1(C)OC(=O)C([C@H]2CCCC[C@@H]2Sc2c(Cl)cccc2Cl)C(=O)O1. The summed E-state index contributed by atoms with van der Waals surface area (Å²) in [5.41, 5.74) is 0. The number of esters is 2. The lowest BCUT2D eigenvalue weighted by atomic mass is 9.79. The fraction of sp³-hybridized carbons (Fsp3) is 0.556. The number of cyclic esters (lactones) is 2. The molecule has 2 atom stereocenters. The van der Waals surface area contributed by atoms with E-state index in [-0.39, 0.29) is 11.2 Å². The van der Waals surface area contributed by atoms with Crippen LogP contribution in [0.3, 0.4) is 0 Å². The van der Waals surface area contributed by atoms with Crippen LogP contribution < -0.4 is 0 Å². The molecule has 1 aromatic carbocycles. The Balaban J connectivity index is 1.84. The molecule has 2 fully saturated rings. The minimum absolute atomic E-state index is 0.0532. The second-order valence-corrected chi connectivity index (χ2v) is 8.94. The van der Waals surface area contributed by atoms with Crippen LogP contribution in [0, 0.1) is 11.8 Å². The van der Waals surface area contributed by atoms with Crippen molar-refractivity contribution in [1.82, 2.24) is 0 Å². The normalized spacial score (nSPS) is 26.9. The van der Waals surface area contributed by atoms with Crippen molar-refractivity contribution >= 4 is 46.9 Å². The Kier molecular flexibility index (Phi) is 5.57. The minimum atomic E-state index is -1.20. The van der Waals surface area contributed by atoms with E-state index in [1.165, 1.54) is 0 Å². The summed E-state index contributed by atoms with van der Waals surface area (Å²) >= 11 is 14.1. The predicted molar refractivity (Wildman–Crippen MR) is 97.8 cm³/mol. The number of rotatable bonds is 3. The molecule has 0 aromatic heterocycles. The Morgan fingerprint density at radius 1 is 1.04 bits per heavy atom. The van der Waals surface area contributed by atoms with Crippen LogP contribution in [0.5, 0.6) is 0 Å². The number of hydrogen-bond acceptors (Lipinski definition) is 5. The fourth-order valence-corrected chi connectivity index (χ4v) is 5.56. The lowest BCUT2D eigenvalue weighted by Gasteiger charge is -2.40. The molecule has 7 heteroatoms. The topological polar surface area (TPSA) is 52.6 Å². The molecule has 0 bridgehead atoms. The summed E-state index contributed by atoms with van der Waals surface area (Å²) in [5, 5.41) is 1.21. The number of carbonyl (C=O) groups is 2. The monoisotopic (exact) mass is 402 g/mol.